The van der Waals surface area contributed by atoms with Gasteiger partial charge in [-0.05, 0) is 97.1 Å². The molecular formula is C64H46N4O32. The molecule has 0 aliphatic carbocycles. The number of ether oxygens (including phenoxy) is 8. The third kappa shape index (κ3) is 15.8. The van der Waals surface area contributed by atoms with E-state index >= 15 is 0 Å². The Kier molecular flexibility index (Phi) is 20.6. The average Bonchev–Trinajstić information content (AvgIpc) is 1.55. The third-order valence-electron chi connectivity index (χ3n) is 13.8. The quantitative estimate of drug-likeness (QED) is 0.0236. The summed E-state index contributed by atoms with van der Waals surface area (Å²) in [6.45, 7) is -9.96. The number of aliphatic carboxylic acids is 8. The summed E-state index contributed by atoms with van der Waals surface area (Å²) >= 11 is 0. The fourth-order valence-electron chi connectivity index (χ4n) is 10.1. The molecular weight excluding hydrogens is 1340 g/mol. The predicted octanol–water partition coefficient (Wildman–Crippen LogP) is 5.82. The highest BCUT2D eigenvalue weighted by atomic mass is 16.5. The van der Waals surface area contributed by atoms with Gasteiger partial charge in [0.05, 0.1) is 67.3 Å². The van der Waals surface area contributed by atoms with Crippen molar-refractivity contribution in [1.82, 2.24) is 19.9 Å². The summed E-state index contributed by atoms with van der Waals surface area (Å²) in [5, 5.41) is 122. The summed E-state index contributed by atoms with van der Waals surface area (Å²) in [4.78, 5) is 166. The Balaban J connectivity index is 1.65. The smallest absolute Gasteiger partial charge is 0.341 e. The molecule has 0 spiro atoms. The number of H-pyrrole nitrogens is 2. The number of hydrogen-bond donors (Lipinski definition) is 14. The van der Waals surface area contributed by atoms with Crippen LogP contribution in [0.25, 0.3) is 90.9 Å². The molecule has 3 aromatic heterocycles. The lowest BCUT2D eigenvalue weighted by molar-refractivity contribution is -0.140. The molecule has 100 heavy (non-hydrogen) atoms. The van der Waals surface area contributed by atoms with Crippen molar-refractivity contribution in [2.75, 3.05) is 52.9 Å². The Morgan fingerprint density at radius 1 is 0.250 bits per heavy atom. The molecule has 0 fully saturated rings. The van der Waals surface area contributed by atoms with E-state index < -0.39 is 215 Å². The van der Waals surface area contributed by atoms with E-state index in [9.17, 15) is 119 Å². The fraction of sp³-hybridized carbons (Fsp3) is 0.125. The number of benzene rings is 4. The molecule has 0 radical (unpaired) electrons. The van der Waals surface area contributed by atoms with Crippen molar-refractivity contribution in [3.8, 4) is 90.5 Å². The third-order valence-corrected chi connectivity index (χ3v) is 13.8. The molecule has 0 atom stereocenters. The van der Waals surface area contributed by atoms with E-state index in [2.05, 4.69) is 9.97 Å². The molecule has 5 heterocycles. The van der Waals surface area contributed by atoms with Gasteiger partial charge in [0.1, 0.15) is 46.0 Å². The van der Waals surface area contributed by atoms with E-state index in [-0.39, 0.29) is 67.1 Å². The van der Waals surface area contributed by atoms with E-state index in [0.717, 1.165) is 48.5 Å². The van der Waals surface area contributed by atoms with Crippen molar-refractivity contribution in [3.05, 3.63) is 118 Å². The molecule has 36 nitrogen and oxygen atoms in total. The number of aromatic carboxylic acids is 4. The van der Waals surface area contributed by atoms with Gasteiger partial charge in [-0.3, -0.25) is 0 Å². The lowest BCUT2D eigenvalue weighted by Gasteiger charge is -2.18. The molecule has 0 unspecified atom stereocenters. The van der Waals surface area contributed by atoms with Crippen LogP contribution in [-0.2, 0) is 38.4 Å². The maximum atomic E-state index is 12.8. The molecule has 0 saturated heterocycles. The van der Waals surface area contributed by atoms with Gasteiger partial charge in [-0.25, -0.2) is 67.5 Å². The Labute approximate surface area is 554 Å². The molecule has 0 saturated carbocycles. The predicted molar refractivity (Wildman–Crippen MR) is 333 cm³/mol. The van der Waals surface area contributed by atoms with Gasteiger partial charge in [0, 0.05) is 44.3 Å². The Hall–Kier alpha value is -14.5. The van der Waals surface area contributed by atoms with Crippen LogP contribution in [0.15, 0.2) is 72.8 Å². The molecule has 2 aliphatic rings. The largest absolute Gasteiger partial charge is 0.481 e. The number of nitrogens with one attached hydrogen (secondary N) is 2. The summed E-state index contributed by atoms with van der Waals surface area (Å²) in [5.41, 5.74) is -8.81. The van der Waals surface area contributed by atoms with Gasteiger partial charge in [-0.2, -0.15) is 0 Å². The minimum absolute atomic E-state index is 0.278. The topological polar surface area (TPSA) is 579 Å². The number of rotatable bonds is 32. The minimum Gasteiger partial charge on any atom is -0.481 e. The summed E-state index contributed by atoms with van der Waals surface area (Å²) in [7, 11) is 0. The second-order valence-corrected chi connectivity index (χ2v) is 20.6. The SMILES string of the molecule is O=C(O)COc1cc(C(=O)O)cc(OCC(=O)O)c1-c1c2nc(c(-c3c(OCC(=O)O)cc(C(=O)O)cc3OCC(=O)O)c3ccc([nH]3)c(-c3c(OCC(=O)O)cc(C(=O)O)cc3OCC(=O)O)c3nc(c(-c4c(OCC(=O)O)cc(C(=O)O)cc4OCC(=O)O)c4ccc1[nH]4)C=C3)C=C2. The van der Waals surface area contributed by atoms with Crippen molar-refractivity contribution >= 4 is 118 Å². The lowest BCUT2D eigenvalue weighted by atomic mass is 9.98. The number of aromatic nitrogens is 4. The van der Waals surface area contributed by atoms with Crippen LogP contribution in [-0.4, -0.2) is 206 Å². The molecule has 9 rings (SSSR count). The Morgan fingerprint density at radius 3 is 0.530 bits per heavy atom. The zero-order valence-electron chi connectivity index (χ0n) is 50.3. The molecule has 2 aliphatic heterocycles. The molecule has 14 N–H and O–H groups in total. The molecule has 8 bridgehead atoms. The average molecular weight is 1380 g/mol. The van der Waals surface area contributed by atoms with Gasteiger partial charge >= 0.3 is 71.6 Å². The van der Waals surface area contributed by atoms with Crippen molar-refractivity contribution in [2.45, 2.75) is 0 Å². The zero-order valence-corrected chi connectivity index (χ0v) is 50.3. The van der Waals surface area contributed by atoms with E-state index in [4.69, 9.17) is 47.9 Å². The maximum absolute atomic E-state index is 12.8. The standard InChI is InChI=1S/C64H46N4O32/c69-45(70)17-93-37-9-25(61(85)86)10-38(94-18-46(71)72)57(37)53-29-1-2-30(65-29)54(58-39(95-19-47(73)74)11-26(62(87)88)12-40(58)96-20-48(75)76)32-5-6-34(67-32)56(60-43(99-23-51(81)82)15-28(64(91)92)16-44(60)100-24-52(83)84)36-8-7-35(68-36)55(33-4-3-31(53)66-33)59-41(97-21-49(77)78)13-27(63(89)90)14-42(59)98-22-50(79)80/h1-16,65,68H,17-24H2,(H,69,70)(H,71,72)(H,73,74)(H,75,76)(H,77,78)(H,79,80)(H,81,82)(H,83,84)(H,85,86)(H,87,88)(H,89,90)(H,91,92). The van der Waals surface area contributed by atoms with Gasteiger partial charge in [0.15, 0.2) is 52.9 Å². The number of carboxylic acids is 12. The van der Waals surface area contributed by atoms with Crippen LogP contribution in [0.3, 0.4) is 0 Å². The summed E-state index contributed by atoms with van der Waals surface area (Å²) in [6.07, 6.45) is 4.82. The molecule has 4 aromatic carbocycles. The van der Waals surface area contributed by atoms with Crippen molar-refractivity contribution in [1.29, 1.82) is 0 Å². The number of carbonyl (C=O) groups is 12. The second-order valence-electron chi connectivity index (χ2n) is 20.6. The van der Waals surface area contributed by atoms with E-state index in [1.54, 1.807) is 0 Å². The van der Waals surface area contributed by atoms with E-state index in [1.165, 1.54) is 48.6 Å². The first-order valence-electron chi connectivity index (χ1n) is 28.1. The normalized spacial score (nSPS) is 11.2. The number of fused-ring (bicyclic) bond motifs is 8. The Morgan fingerprint density at radius 2 is 0.400 bits per heavy atom. The van der Waals surface area contributed by atoms with E-state index in [1.807, 2.05) is 0 Å². The highest BCUT2D eigenvalue weighted by Gasteiger charge is 2.32. The van der Waals surface area contributed by atoms with Crippen LogP contribution in [0.2, 0.25) is 0 Å². The van der Waals surface area contributed by atoms with Crippen LogP contribution >= 0.6 is 0 Å². The van der Waals surface area contributed by atoms with Crippen LogP contribution in [0.4, 0.5) is 0 Å². The summed E-state index contributed by atoms with van der Waals surface area (Å²) in [6, 6.07) is 11.5. The number of carboxylic acid groups (broad SMARTS) is 12. The Bertz CT molecular complexity index is 4170. The minimum atomic E-state index is -1.70. The number of hydrogen-bond acceptors (Lipinski definition) is 22. The highest BCUT2D eigenvalue weighted by Crippen LogP contribution is 2.51. The van der Waals surface area contributed by atoms with E-state index in [0.29, 0.717) is 0 Å². The van der Waals surface area contributed by atoms with Gasteiger partial charge < -0.3 is 109 Å². The van der Waals surface area contributed by atoms with Crippen LogP contribution in [0.1, 0.15) is 64.2 Å². The van der Waals surface area contributed by atoms with Crippen LogP contribution < -0.4 is 37.9 Å². The first-order chi connectivity index (χ1) is 47.5. The summed E-state index contributed by atoms with van der Waals surface area (Å²) in [5.74, 6) is -25.4. The van der Waals surface area contributed by atoms with Crippen molar-refractivity contribution in [2.24, 2.45) is 0 Å². The first-order valence-corrected chi connectivity index (χ1v) is 28.1. The van der Waals surface area contributed by atoms with Crippen molar-refractivity contribution < 1.29 is 157 Å². The fourth-order valence-corrected chi connectivity index (χ4v) is 10.1. The van der Waals surface area contributed by atoms with Gasteiger partial charge in [-0.1, -0.05) is 0 Å². The number of nitrogens with zero attached hydrogens (tertiary/aromatic N) is 2. The maximum Gasteiger partial charge on any atom is 0.341 e. The van der Waals surface area contributed by atoms with Gasteiger partial charge in [0.2, 0.25) is 0 Å². The van der Waals surface area contributed by atoms with Crippen LogP contribution in [0.5, 0.6) is 46.0 Å². The monoisotopic (exact) mass is 1380 g/mol. The lowest BCUT2D eigenvalue weighted by Crippen LogP contribution is -2.14. The molecule has 36 heteroatoms. The zero-order chi connectivity index (χ0) is 72.5. The number of aromatic amines is 2. The van der Waals surface area contributed by atoms with Gasteiger partial charge in [-0.15, -0.1) is 0 Å². The van der Waals surface area contributed by atoms with Crippen molar-refractivity contribution in [3.63, 3.8) is 0 Å². The van der Waals surface area contributed by atoms with Crippen LogP contribution in [0, 0.1) is 0 Å². The second kappa shape index (κ2) is 29.4. The first kappa shape index (κ1) is 69.9. The highest BCUT2D eigenvalue weighted by molar-refractivity contribution is 6.06. The molecule has 7 aromatic rings. The molecule has 0 amide bonds. The summed E-state index contributed by atoms with van der Waals surface area (Å²) < 4.78 is 46.0. The molecule has 514 valence electrons. The van der Waals surface area contributed by atoms with Gasteiger partial charge in [0.25, 0.3) is 0 Å².